The van der Waals surface area contributed by atoms with Crippen molar-refractivity contribution in [3.63, 3.8) is 0 Å². The van der Waals surface area contributed by atoms with Gasteiger partial charge in [-0.3, -0.25) is 4.79 Å². The Morgan fingerprint density at radius 2 is 1.96 bits per heavy atom. The van der Waals surface area contributed by atoms with Crippen molar-refractivity contribution in [1.82, 2.24) is 9.55 Å². The average molecular weight is 386 g/mol. The quantitative estimate of drug-likeness (QED) is 0.713. The van der Waals surface area contributed by atoms with Crippen LogP contribution >= 0.6 is 0 Å². The van der Waals surface area contributed by atoms with Crippen molar-refractivity contribution < 1.29 is 18.7 Å². The van der Waals surface area contributed by atoms with Gasteiger partial charge in [0.15, 0.2) is 17.3 Å². The zero-order valence-corrected chi connectivity index (χ0v) is 14.8. The summed E-state index contributed by atoms with van der Waals surface area (Å²) in [5, 5.41) is 9.18. The zero-order chi connectivity index (χ0) is 20.2. The molecule has 0 saturated carbocycles. The van der Waals surface area contributed by atoms with E-state index < -0.39 is 28.6 Å². The van der Waals surface area contributed by atoms with E-state index in [2.05, 4.69) is 4.98 Å². The SMILES string of the molecule is CC1C(N)CN1c1nc2c(cc1F)c(=O)c(C(=O)O)cn2-c1ccc(F)cc1. The van der Waals surface area contributed by atoms with E-state index >= 15 is 0 Å². The van der Waals surface area contributed by atoms with E-state index in [1.165, 1.54) is 28.8 Å². The van der Waals surface area contributed by atoms with E-state index in [1.54, 1.807) is 4.90 Å². The third kappa shape index (κ3) is 2.71. The molecule has 1 fully saturated rings. The van der Waals surface area contributed by atoms with Gasteiger partial charge >= 0.3 is 5.97 Å². The number of carboxylic acids is 1. The van der Waals surface area contributed by atoms with E-state index in [-0.39, 0.29) is 28.9 Å². The molecule has 28 heavy (non-hydrogen) atoms. The van der Waals surface area contributed by atoms with Gasteiger partial charge in [0, 0.05) is 30.5 Å². The van der Waals surface area contributed by atoms with Gasteiger partial charge in [0.2, 0.25) is 5.43 Å². The van der Waals surface area contributed by atoms with Crippen molar-refractivity contribution in [3.8, 4) is 5.69 Å². The topological polar surface area (TPSA) is 101 Å². The molecule has 0 spiro atoms. The first-order chi connectivity index (χ1) is 13.3. The molecule has 3 heterocycles. The maximum absolute atomic E-state index is 14.7. The van der Waals surface area contributed by atoms with Crippen LogP contribution in [0.1, 0.15) is 17.3 Å². The Morgan fingerprint density at radius 1 is 1.29 bits per heavy atom. The number of nitrogens with zero attached hydrogens (tertiary/aromatic N) is 3. The van der Waals surface area contributed by atoms with Crippen molar-refractivity contribution in [2.45, 2.75) is 19.0 Å². The van der Waals surface area contributed by atoms with E-state index in [9.17, 15) is 23.5 Å². The Kier molecular flexibility index (Phi) is 4.11. The third-order valence-electron chi connectivity index (χ3n) is 5.04. The minimum Gasteiger partial charge on any atom is -0.477 e. The second-order valence-electron chi connectivity index (χ2n) is 6.75. The lowest BCUT2D eigenvalue weighted by Crippen LogP contribution is -2.63. The lowest BCUT2D eigenvalue weighted by Gasteiger charge is -2.45. The highest BCUT2D eigenvalue weighted by Gasteiger charge is 2.35. The Labute approximate surface area is 157 Å². The second kappa shape index (κ2) is 6.38. The van der Waals surface area contributed by atoms with Crippen molar-refractivity contribution >= 4 is 22.8 Å². The molecule has 0 bridgehead atoms. The van der Waals surface area contributed by atoms with Gasteiger partial charge in [0.1, 0.15) is 11.4 Å². The molecule has 2 aromatic heterocycles. The molecule has 144 valence electrons. The van der Waals surface area contributed by atoms with Crippen molar-refractivity contribution in [2.75, 3.05) is 11.4 Å². The Bertz CT molecular complexity index is 1160. The number of hydrogen-bond acceptors (Lipinski definition) is 5. The largest absolute Gasteiger partial charge is 0.477 e. The Balaban J connectivity index is 2.02. The number of pyridine rings is 2. The fourth-order valence-electron chi connectivity index (χ4n) is 3.29. The molecule has 2 atom stereocenters. The summed E-state index contributed by atoms with van der Waals surface area (Å²) in [6.45, 7) is 2.24. The normalized spacial score (nSPS) is 18.9. The number of anilines is 1. The van der Waals surface area contributed by atoms with Crippen LogP contribution in [-0.4, -0.2) is 39.3 Å². The molecule has 1 aromatic carbocycles. The molecule has 3 N–H and O–H groups in total. The first-order valence-corrected chi connectivity index (χ1v) is 8.55. The molecule has 7 nitrogen and oxygen atoms in total. The smallest absolute Gasteiger partial charge is 0.341 e. The minimum absolute atomic E-state index is 0.0278. The first kappa shape index (κ1) is 18.1. The molecule has 4 rings (SSSR count). The van der Waals surface area contributed by atoms with E-state index in [1.807, 2.05) is 6.92 Å². The van der Waals surface area contributed by atoms with Crippen LogP contribution in [0.25, 0.3) is 16.7 Å². The number of nitrogens with two attached hydrogens (primary N) is 1. The monoisotopic (exact) mass is 386 g/mol. The van der Waals surface area contributed by atoms with Crippen LogP contribution in [0.4, 0.5) is 14.6 Å². The summed E-state index contributed by atoms with van der Waals surface area (Å²) in [6.07, 6.45) is 1.11. The number of aromatic nitrogens is 2. The van der Waals surface area contributed by atoms with Crippen LogP contribution in [0.2, 0.25) is 0 Å². The highest BCUT2D eigenvalue weighted by molar-refractivity contribution is 5.92. The molecule has 1 saturated heterocycles. The van der Waals surface area contributed by atoms with Crippen molar-refractivity contribution in [3.05, 3.63) is 63.9 Å². The fraction of sp³-hybridized carbons (Fsp3) is 0.211. The second-order valence-corrected chi connectivity index (χ2v) is 6.75. The van der Waals surface area contributed by atoms with Crippen LogP contribution in [0.5, 0.6) is 0 Å². The maximum Gasteiger partial charge on any atom is 0.341 e. The predicted molar refractivity (Wildman–Crippen MR) is 99.0 cm³/mol. The van der Waals surface area contributed by atoms with Crippen LogP contribution < -0.4 is 16.1 Å². The predicted octanol–water partition coefficient (Wildman–Crippen LogP) is 1.90. The highest BCUT2D eigenvalue weighted by atomic mass is 19.1. The number of hydrogen-bond donors (Lipinski definition) is 2. The van der Waals surface area contributed by atoms with Crippen LogP contribution in [-0.2, 0) is 0 Å². The maximum atomic E-state index is 14.7. The molecular formula is C19H16F2N4O3. The third-order valence-corrected chi connectivity index (χ3v) is 5.04. The molecule has 1 aliphatic heterocycles. The number of rotatable bonds is 3. The van der Waals surface area contributed by atoms with Gasteiger partial charge in [-0.1, -0.05) is 0 Å². The van der Waals surface area contributed by atoms with Gasteiger partial charge < -0.3 is 20.3 Å². The van der Waals surface area contributed by atoms with Gasteiger partial charge in [0.25, 0.3) is 0 Å². The van der Waals surface area contributed by atoms with Crippen molar-refractivity contribution in [1.29, 1.82) is 0 Å². The van der Waals surface area contributed by atoms with Gasteiger partial charge in [-0.15, -0.1) is 0 Å². The van der Waals surface area contributed by atoms with Gasteiger partial charge in [-0.05, 0) is 37.3 Å². The van der Waals surface area contributed by atoms with E-state index in [4.69, 9.17) is 5.73 Å². The summed E-state index contributed by atoms with van der Waals surface area (Å²) in [7, 11) is 0. The van der Waals surface area contributed by atoms with Gasteiger partial charge in [0.05, 0.1) is 5.39 Å². The molecule has 0 radical (unpaired) electrons. The number of aromatic carboxylic acids is 1. The van der Waals surface area contributed by atoms with E-state index in [0.29, 0.717) is 12.2 Å². The zero-order valence-electron chi connectivity index (χ0n) is 14.8. The molecule has 1 aliphatic rings. The summed E-state index contributed by atoms with van der Waals surface area (Å²) in [4.78, 5) is 30.0. The Hall–Kier alpha value is -3.33. The Morgan fingerprint density at radius 3 is 2.54 bits per heavy atom. The minimum atomic E-state index is -1.45. The molecule has 9 heteroatoms. The molecule has 3 aromatic rings. The highest BCUT2D eigenvalue weighted by Crippen LogP contribution is 2.29. The van der Waals surface area contributed by atoms with Crippen LogP contribution in [0, 0.1) is 11.6 Å². The van der Waals surface area contributed by atoms with Crippen LogP contribution in [0.15, 0.2) is 41.3 Å². The molecule has 0 amide bonds. The van der Waals surface area contributed by atoms with Gasteiger partial charge in [-0.2, -0.15) is 0 Å². The van der Waals surface area contributed by atoms with E-state index in [0.717, 1.165) is 12.3 Å². The standard InChI is InChI=1S/C19H16F2N4O3/c1-9-15(22)8-24(9)18-14(21)6-12-16(26)13(19(27)28)7-25(17(12)23-18)11-4-2-10(20)3-5-11/h2-7,9,15H,8,22H2,1H3,(H,27,28). The van der Waals surface area contributed by atoms with Gasteiger partial charge in [-0.25, -0.2) is 18.6 Å². The molecule has 0 aliphatic carbocycles. The summed E-state index contributed by atoms with van der Waals surface area (Å²) in [6, 6.07) is 5.95. The molecule has 2 unspecified atom stereocenters. The molecular weight excluding hydrogens is 370 g/mol. The first-order valence-electron chi connectivity index (χ1n) is 8.55. The van der Waals surface area contributed by atoms with Crippen molar-refractivity contribution in [2.24, 2.45) is 5.73 Å². The van der Waals surface area contributed by atoms with Crippen LogP contribution in [0.3, 0.4) is 0 Å². The lowest BCUT2D eigenvalue weighted by molar-refractivity contribution is 0.0695. The summed E-state index contributed by atoms with van der Waals surface area (Å²) in [5.41, 5.74) is 4.96. The fourth-order valence-corrected chi connectivity index (χ4v) is 3.29. The number of benzene rings is 1. The number of halogens is 2. The number of carbonyl (C=O) groups is 1. The number of carboxylic acid groups (broad SMARTS) is 1. The summed E-state index contributed by atoms with van der Waals surface area (Å²) in [5.74, 6) is -2.64. The lowest BCUT2D eigenvalue weighted by atomic mass is 9.99. The number of fused-ring (bicyclic) bond motifs is 1. The average Bonchev–Trinajstić information content (AvgIpc) is 2.67. The summed E-state index contributed by atoms with van der Waals surface area (Å²) < 4.78 is 29.3. The summed E-state index contributed by atoms with van der Waals surface area (Å²) >= 11 is 0.